The van der Waals surface area contributed by atoms with Crippen molar-refractivity contribution < 1.29 is 13.7 Å². The van der Waals surface area contributed by atoms with Gasteiger partial charge >= 0.3 is 0 Å². The lowest BCUT2D eigenvalue weighted by Crippen LogP contribution is -2.28. The van der Waals surface area contributed by atoms with Gasteiger partial charge in [-0.25, -0.2) is 0 Å². The smallest absolute Gasteiger partial charge is 0.137 e. The van der Waals surface area contributed by atoms with Crippen LogP contribution in [-0.2, 0) is 15.5 Å². The van der Waals surface area contributed by atoms with E-state index in [-0.39, 0.29) is 11.4 Å². The Labute approximate surface area is 116 Å². The van der Waals surface area contributed by atoms with Crippen molar-refractivity contribution in [2.45, 2.75) is 41.9 Å². The SMILES string of the molecule is COc1cc(N)ccc1S(=O)C1CCCC(OC)C1. The summed E-state index contributed by atoms with van der Waals surface area (Å²) in [5.74, 6) is 0.609. The third-order valence-corrected chi connectivity index (χ3v) is 5.42. The van der Waals surface area contributed by atoms with Crippen LogP contribution in [0.2, 0.25) is 0 Å². The summed E-state index contributed by atoms with van der Waals surface area (Å²) in [5, 5.41) is 0.135. The van der Waals surface area contributed by atoms with Gasteiger partial charge in [-0.3, -0.25) is 4.21 Å². The van der Waals surface area contributed by atoms with Crippen LogP contribution in [-0.4, -0.2) is 29.8 Å². The second kappa shape index (κ2) is 6.39. The predicted octanol–water partition coefficient (Wildman–Crippen LogP) is 2.34. The number of benzene rings is 1. The third kappa shape index (κ3) is 3.28. The van der Waals surface area contributed by atoms with Gasteiger partial charge in [-0.05, 0) is 37.8 Å². The molecular weight excluding hydrogens is 262 g/mol. The zero-order valence-electron chi connectivity index (χ0n) is 11.4. The standard InChI is InChI=1S/C14H21NO3S/c1-17-11-4-3-5-12(9-11)19(16)14-7-6-10(15)8-13(14)18-2/h6-8,11-12H,3-5,9,15H2,1-2H3. The highest BCUT2D eigenvalue weighted by Gasteiger charge is 2.28. The first-order valence-electron chi connectivity index (χ1n) is 6.52. The molecule has 1 aliphatic carbocycles. The maximum Gasteiger partial charge on any atom is 0.137 e. The second-order valence-corrected chi connectivity index (χ2v) is 6.56. The third-order valence-electron chi connectivity index (χ3n) is 3.62. The predicted molar refractivity (Wildman–Crippen MR) is 76.9 cm³/mol. The van der Waals surface area contributed by atoms with Crippen LogP contribution < -0.4 is 10.5 Å². The normalized spacial score (nSPS) is 24.9. The number of anilines is 1. The monoisotopic (exact) mass is 283 g/mol. The van der Waals surface area contributed by atoms with Gasteiger partial charge in [0, 0.05) is 24.1 Å². The lowest BCUT2D eigenvalue weighted by Gasteiger charge is -2.27. The Morgan fingerprint density at radius 1 is 1.32 bits per heavy atom. The van der Waals surface area contributed by atoms with E-state index in [1.54, 1.807) is 32.4 Å². The maximum atomic E-state index is 12.7. The summed E-state index contributed by atoms with van der Waals surface area (Å²) >= 11 is 0. The van der Waals surface area contributed by atoms with E-state index >= 15 is 0 Å². The van der Waals surface area contributed by atoms with Crippen molar-refractivity contribution in [2.24, 2.45) is 0 Å². The van der Waals surface area contributed by atoms with Gasteiger partial charge in [-0.15, -0.1) is 0 Å². The van der Waals surface area contributed by atoms with E-state index < -0.39 is 10.8 Å². The highest BCUT2D eigenvalue weighted by molar-refractivity contribution is 7.85. The molecule has 0 bridgehead atoms. The fourth-order valence-corrected chi connectivity index (χ4v) is 4.21. The van der Waals surface area contributed by atoms with E-state index in [2.05, 4.69) is 0 Å². The minimum atomic E-state index is -1.07. The molecule has 5 heteroatoms. The first kappa shape index (κ1) is 14.3. The molecule has 1 fully saturated rings. The lowest BCUT2D eigenvalue weighted by atomic mass is 9.97. The van der Waals surface area contributed by atoms with Crippen LogP contribution in [0.4, 0.5) is 5.69 Å². The van der Waals surface area contributed by atoms with Gasteiger partial charge in [0.15, 0.2) is 0 Å². The van der Waals surface area contributed by atoms with Crippen LogP contribution in [0, 0.1) is 0 Å². The molecule has 2 rings (SSSR count). The van der Waals surface area contributed by atoms with Crippen molar-refractivity contribution in [1.82, 2.24) is 0 Å². The Hall–Kier alpha value is -1.07. The number of hydrogen-bond donors (Lipinski definition) is 1. The summed E-state index contributed by atoms with van der Waals surface area (Å²) in [5.41, 5.74) is 6.35. The molecule has 4 nitrogen and oxygen atoms in total. The van der Waals surface area contributed by atoms with E-state index in [0.29, 0.717) is 11.4 Å². The van der Waals surface area contributed by atoms with Crippen molar-refractivity contribution >= 4 is 16.5 Å². The molecule has 106 valence electrons. The molecule has 1 aromatic carbocycles. The molecule has 0 amide bonds. The first-order valence-corrected chi connectivity index (χ1v) is 7.74. The molecule has 0 heterocycles. The van der Waals surface area contributed by atoms with E-state index in [9.17, 15) is 4.21 Å². The highest BCUT2D eigenvalue weighted by atomic mass is 32.2. The first-order chi connectivity index (χ1) is 9.15. The topological polar surface area (TPSA) is 61.5 Å². The fourth-order valence-electron chi connectivity index (χ4n) is 2.54. The van der Waals surface area contributed by atoms with Gasteiger partial charge in [0.05, 0.1) is 28.9 Å². The van der Waals surface area contributed by atoms with Crippen molar-refractivity contribution in [3.63, 3.8) is 0 Å². The number of methoxy groups -OCH3 is 2. The number of rotatable bonds is 4. The molecule has 3 atom stereocenters. The van der Waals surface area contributed by atoms with Crippen molar-refractivity contribution in [2.75, 3.05) is 20.0 Å². The zero-order chi connectivity index (χ0) is 13.8. The molecule has 0 saturated heterocycles. The van der Waals surface area contributed by atoms with Gasteiger partial charge in [-0.2, -0.15) is 0 Å². The molecule has 0 radical (unpaired) electrons. The summed E-state index contributed by atoms with van der Waals surface area (Å²) in [4.78, 5) is 0.735. The molecule has 1 aromatic rings. The van der Waals surface area contributed by atoms with Crippen LogP contribution >= 0.6 is 0 Å². The summed E-state index contributed by atoms with van der Waals surface area (Å²) in [6.45, 7) is 0. The van der Waals surface area contributed by atoms with Gasteiger partial charge < -0.3 is 15.2 Å². The Morgan fingerprint density at radius 3 is 2.79 bits per heavy atom. The summed E-state index contributed by atoms with van der Waals surface area (Å²) in [6.07, 6.45) is 4.16. The van der Waals surface area contributed by atoms with E-state index in [1.165, 1.54) is 0 Å². The maximum absolute atomic E-state index is 12.7. The Kier molecular flexibility index (Phi) is 4.82. The van der Waals surface area contributed by atoms with Crippen LogP contribution in [0.3, 0.4) is 0 Å². The highest BCUT2D eigenvalue weighted by Crippen LogP contribution is 2.32. The van der Waals surface area contributed by atoms with Crippen LogP contribution in [0.1, 0.15) is 25.7 Å². The molecule has 2 N–H and O–H groups in total. The Morgan fingerprint density at radius 2 is 2.11 bits per heavy atom. The van der Waals surface area contributed by atoms with Crippen molar-refractivity contribution in [1.29, 1.82) is 0 Å². The van der Waals surface area contributed by atoms with Crippen LogP contribution in [0.25, 0.3) is 0 Å². The van der Waals surface area contributed by atoms with Gasteiger partial charge in [0.1, 0.15) is 5.75 Å². The molecule has 1 saturated carbocycles. The van der Waals surface area contributed by atoms with E-state index in [0.717, 1.165) is 30.6 Å². The summed E-state index contributed by atoms with van der Waals surface area (Å²) in [7, 11) is 2.23. The fraction of sp³-hybridized carbons (Fsp3) is 0.571. The molecule has 0 spiro atoms. The number of hydrogen-bond acceptors (Lipinski definition) is 4. The lowest BCUT2D eigenvalue weighted by molar-refractivity contribution is 0.0725. The molecular formula is C14H21NO3S. The van der Waals surface area contributed by atoms with Crippen molar-refractivity contribution in [3.05, 3.63) is 18.2 Å². The summed E-state index contributed by atoms with van der Waals surface area (Å²) < 4.78 is 23.4. The average Bonchev–Trinajstić information content (AvgIpc) is 2.46. The number of nitrogen functional groups attached to an aromatic ring is 1. The van der Waals surface area contributed by atoms with Gasteiger partial charge in [0.25, 0.3) is 0 Å². The summed E-state index contributed by atoms with van der Waals surface area (Å²) in [6, 6.07) is 5.30. The molecule has 0 aromatic heterocycles. The number of ether oxygens (including phenoxy) is 2. The molecule has 0 aliphatic heterocycles. The van der Waals surface area contributed by atoms with Crippen LogP contribution in [0.15, 0.2) is 23.1 Å². The zero-order valence-corrected chi connectivity index (χ0v) is 12.2. The molecule has 3 unspecified atom stereocenters. The van der Waals surface area contributed by atoms with Gasteiger partial charge in [-0.1, -0.05) is 0 Å². The van der Waals surface area contributed by atoms with E-state index in [1.807, 2.05) is 0 Å². The number of nitrogens with two attached hydrogens (primary N) is 1. The Balaban J connectivity index is 2.19. The minimum absolute atomic E-state index is 0.135. The second-order valence-electron chi connectivity index (χ2n) is 4.85. The average molecular weight is 283 g/mol. The van der Waals surface area contributed by atoms with Crippen LogP contribution in [0.5, 0.6) is 5.75 Å². The molecule has 1 aliphatic rings. The Bertz CT molecular complexity index is 464. The largest absolute Gasteiger partial charge is 0.495 e. The van der Waals surface area contributed by atoms with Crippen molar-refractivity contribution in [3.8, 4) is 5.75 Å². The minimum Gasteiger partial charge on any atom is -0.495 e. The quantitative estimate of drug-likeness (QED) is 0.862. The molecule has 19 heavy (non-hydrogen) atoms. The van der Waals surface area contributed by atoms with Gasteiger partial charge in [0.2, 0.25) is 0 Å². The van der Waals surface area contributed by atoms with E-state index in [4.69, 9.17) is 15.2 Å².